The zero-order valence-corrected chi connectivity index (χ0v) is 11.7. The van der Waals surface area contributed by atoms with E-state index in [-0.39, 0.29) is 12.7 Å². The minimum atomic E-state index is -0.0345. The van der Waals surface area contributed by atoms with Crippen LogP contribution in [0.3, 0.4) is 0 Å². The number of rotatable bonds is 1. The minimum Gasteiger partial charge on any atom is -0.404 e. The molecule has 5 atom stereocenters. The Morgan fingerprint density at radius 3 is 2.72 bits per heavy atom. The molecule has 0 aromatic rings. The van der Waals surface area contributed by atoms with Crippen LogP contribution >= 0.6 is 0 Å². The molecule has 3 aliphatic carbocycles. The van der Waals surface area contributed by atoms with Gasteiger partial charge in [-0.2, -0.15) is 0 Å². The summed E-state index contributed by atoms with van der Waals surface area (Å²) in [4.78, 5) is 0. The quantitative estimate of drug-likeness (QED) is 0.721. The first-order chi connectivity index (χ1) is 8.52. The largest absolute Gasteiger partial charge is 0.475 e. The van der Waals surface area contributed by atoms with E-state index >= 15 is 0 Å². The van der Waals surface area contributed by atoms with Gasteiger partial charge in [0.15, 0.2) is 0 Å². The van der Waals surface area contributed by atoms with E-state index < -0.39 is 0 Å². The molecule has 5 aliphatic rings. The van der Waals surface area contributed by atoms with E-state index in [9.17, 15) is 0 Å². The third-order valence-corrected chi connectivity index (χ3v) is 6.40. The van der Waals surface area contributed by atoms with Crippen molar-refractivity contribution >= 4 is 7.12 Å². The first kappa shape index (κ1) is 11.7. The number of nitrogens with one attached hydrogen (secondary N) is 1. The second kappa shape index (κ2) is 3.53. The topological polar surface area (TPSA) is 30.5 Å². The van der Waals surface area contributed by atoms with Crippen molar-refractivity contribution in [3.8, 4) is 0 Å². The van der Waals surface area contributed by atoms with Crippen LogP contribution in [0.2, 0.25) is 0 Å². The molecule has 4 heteroatoms. The van der Waals surface area contributed by atoms with Crippen LogP contribution in [0.1, 0.15) is 46.5 Å². The molecule has 3 nitrogen and oxygen atoms in total. The standard InChI is InChI=1S/C14H24BNO2/c1-13(2)9-7-10(13)14(3)11(8-9)17-15(18-14)12-5-4-6-16-12/h9-12,16H,4-8H2,1-3H3/t9-,10-,11?,12?,14-/m0/s1. The molecule has 2 aliphatic heterocycles. The Kier molecular flexibility index (Phi) is 2.30. The summed E-state index contributed by atoms with van der Waals surface area (Å²) in [6.45, 7) is 8.25. The Morgan fingerprint density at radius 2 is 2.06 bits per heavy atom. The van der Waals surface area contributed by atoms with Gasteiger partial charge in [-0.3, -0.25) is 0 Å². The van der Waals surface area contributed by atoms with Gasteiger partial charge in [-0.1, -0.05) is 13.8 Å². The first-order valence-electron chi connectivity index (χ1n) is 7.58. The summed E-state index contributed by atoms with van der Waals surface area (Å²) in [6, 6.07) is 0. The highest BCUT2D eigenvalue weighted by Crippen LogP contribution is 2.65. The van der Waals surface area contributed by atoms with Crippen LogP contribution in [0.15, 0.2) is 0 Å². The summed E-state index contributed by atoms with van der Waals surface area (Å²) in [6.07, 6.45) is 5.33. The zero-order valence-electron chi connectivity index (χ0n) is 11.7. The summed E-state index contributed by atoms with van der Waals surface area (Å²) in [5.74, 6) is 1.95. The maximum Gasteiger partial charge on any atom is 0.475 e. The Morgan fingerprint density at radius 1 is 1.22 bits per heavy atom. The summed E-state index contributed by atoms with van der Waals surface area (Å²) >= 11 is 0. The number of hydrogen-bond donors (Lipinski definition) is 1. The Bertz CT molecular complexity index is 369. The van der Waals surface area contributed by atoms with Gasteiger partial charge >= 0.3 is 7.12 Å². The van der Waals surface area contributed by atoms with Crippen molar-refractivity contribution in [2.75, 3.05) is 6.54 Å². The van der Waals surface area contributed by atoms with Crippen LogP contribution in [-0.2, 0) is 9.31 Å². The Hall–Kier alpha value is -0.0551. The molecule has 0 amide bonds. The van der Waals surface area contributed by atoms with Gasteiger partial charge in [-0.05, 0) is 56.4 Å². The summed E-state index contributed by atoms with van der Waals surface area (Å²) < 4.78 is 12.7. The SMILES string of the molecule is CC1(C)[C@@H]2CC3OB(C4CCCN4)O[C@@]3(C)[C@H]1C2. The van der Waals surface area contributed by atoms with Gasteiger partial charge < -0.3 is 14.6 Å². The van der Waals surface area contributed by atoms with Crippen LogP contribution in [0.25, 0.3) is 0 Å². The molecule has 0 aromatic heterocycles. The second-order valence-corrected chi connectivity index (χ2v) is 7.54. The van der Waals surface area contributed by atoms with Crippen molar-refractivity contribution in [1.29, 1.82) is 0 Å². The Labute approximate surface area is 110 Å². The lowest BCUT2D eigenvalue weighted by Gasteiger charge is -2.64. The van der Waals surface area contributed by atoms with Crippen LogP contribution < -0.4 is 5.32 Å². The fourth-order valence-corrected chi connectivity index (χ4v) is 5.01. The van der Waals surface area contributed by atoms with Crippen molar-refractivity contribution in [3.63, 3.8) is 0 Å². The van der Waals surface area contributed by atoms with Gasteiger partial charge in [0.1, 0.15) is 0 Å². The van der Waals surface area contributed by atoms with Crippen molar-refractivity contribution < 1.29 is 9.31 Å². The zero-order chi connectivity index (χ0) is 12.5. The van der Waals surface area contributed by atoms with Gasteiger partial charge in [0, 0.05) is 5.94 Å². The lowest BCUT2D eigenvalue weighted by molar-refractivity contribution is -0.199. The molecule has 5 fully saturated rings. The Balaban J connectivity index is 1.57. The number of hydrogen-bond acceptors (Lipinski definition) is 3. The molecular weight excluding hydrogens is 225 g/mol. The predicted octanol–water partition coefficient (Wildman–Crippen LogP) is 2.01. The van der Waals surface area contributed by atoms with Gasteiger partial charge in [0.2, 0.25) is 0 Å². The van der Waals surface area contributed by atoms with Crippen LogP contribution in [0.5, 0.6) is 0 Å². The summed E-state index contributed by atoms with van der Waals surface area (Å²) in [5, 5.41) is 3.52. The lowest BCUT2D eigenvalue weighted by Crippen LogP contribution is -2.65. The maximum atomic E-state index is 6.44. The van der Waals surface area contributed by atoms with Crippen molar-refractivity contribution in [3.05, 3.63) is 0 Å². The second-order valence-electron chi connectivity index (χ2n) is 7.54. The summed E-state index contributed by atoms with van der Waals surface area (Å²) in [5.41, 5.74) is 0.416. The fraction of sp³-hybridized carbons (Fsp3) is 1.00. The van der Waals surface area contributed by atoms with Crippen molar-refractivity contribution in [2.24, 2.45) is 17.3 Å². The molecule has 18 heavy (non-hydrogen) atoms. The van der Waals surface area contributed by atoms with Gasteiger partial charge in [0.05, 0.1) is 11.7 Å². The van der Waals surface area contributed by atoms with E-state index in [2.05, 4.69) is 26.1 Å². The van der Waals surface area contributed by atoms with Crippen molar-refractivity contribution in [1.82, 2.24) is 5.32 Å². The molecule has 1 N–H and O–H groups in total. The fourth-order valence-electron chi connectivity index (χ4n) is 5.01. The van der Waals surface area contributed by atoms with E-state index in [0.29, 0.717) is 23.4 Å². The molecule has 2 heterocycles. The smallest absolute Gasteiger partial charge is 0.404 e. The van der Waals surface area contributed by atoms with E-state index in [1.54, 1.807) is 0 Å². The average Bonchev–Trinajstić information content (AvgIpc) is 2.92. The minimum absolute atomic E-state index is 0.00218. The van der Waals surface area contributed by atoms with Crippen LogP contribution in [-0.4, -0.2) is 31.3 Å². The normalized spacial score (nSPS) is 53.2. The first-order valence-corrected chi connectivity index (χ1v) is 7.58. The van der Waals surface area contributed by atoms with Gasteiger partial charge in [-0.25, -0.2) is 0 Å². The molecule has 2 saturated heterocycles. The van der Waals surface area contributed by atoms with Gasteiger partial charge in [-0.15, -0.1) is 0 Å². The summed E-state index contributed by atoms with van der Waals surface area (Å²) in [7, 11) is -0.00218. The lowest BCUT2D eigenvalue weighted by atomic mass is 9.43. The molecule has 0 radical (unpaired) electrons. The van der Waals surface area contributed by atoms with Crippen LogP contribution in [0, 0.1) is 17.3 Å². The molecule has 0 aromatic carbocycles. The van der Waals surface area contributed by atoms with E-state index in [1.165, 1.54) is 25.7 Å². The highest BCUT2D eigenvalue weighted by Gasteiger charge is 2.68. The van der Waals surface area contributed by atoms with E-state index in [4.69, 9.17) is 9.31 Å². The third-order valence-electron chi connectivity index (χ3n) is 6.40. The highest BCUT2D eigenvalue weighted by molar-refractivity contribution is 6.47. The molecule has 2 bridgehead atoms. The monoisotopic (exact) mass is 249 g/mol. The molecule has 3 saturated carbocycles. The third kappa shape index (κ3) is 1.32. The van der Waals surface area contributed by atoms with Crippen molar-refractivity contribution in [2.45, 2.75) is 64.1 Å². The molecule has 100 valence electrons. The molecule has 0 spiro atoms. The molecule has 5 rings (SSSR count). The molecule has 2 unspecified atom stereocenters. The van der Waals surface area contributed by atoms with Gasteiger partial charge in [0.25, 0.3) is 0 Å². The molecular formula is C14H24BNO2. The highest BCUT2D eigenvalue weighted by atomic mass is 16.7. The predicted molar refractivity (Wildman–Crippen MR) is 71.1 cm³/mol. The maximum absolute atomic E-state index is 6.44. The van der Waals surface area contributed by atoms with E-state index in [0.717, 1.165) is 12.5 Å². The van der Waals surface area contributed by atoms with Crippen LogP contribution in [0.4, 0.5) is 0 Å². The van der Waals surface area contributed by atoms with E-state index in [1.807, 2.05) is 0 Å². The average molecular weight is 249 g/mol.